The second kappa shape index (κ2) is 3.35. The first kappa shape index (κ1) is 8.52. The third-order valence-corrected chi connectivity index (χ3v) is 3.07. The predicted molar refractivity (Wildman–Crippen MR) is 47.0 cm³/mol. The quantitative estimate of drug-likeness (QED) is 0.641. The van der Waals surface area contributed by atoms with E-state index in [0.717, 1.165) is 31.5 Å². The molecule has 0 aromatic carbocycles. The summed E-state index contributed by atoms with van der Waals surface area (Å²) in [5, 5.41) is 0. The lowest BCUT2D eigenvalue weighted by atomic mass is 10.2. The summed E-state index contributed by atoms with van der Waals surface area (Å²) < 4.78 is 11.3. The minimum Gasteiger partial charge on any atom is -0.378 e. The summed E-state index contributed by atoms with van der Waals surface area (Å²) in [6.45, 7) is 5.86. The summed E-state index contributed by atoms with van der Waals surface area (Å²) in [4.78, 5) is 0. The number of rotatable bonds is 4. The molecule has 0 heterocycles. The lowest BCUT2D eigenvalue weighted by molar-refractivity contribution is 0.00970. The number of hydrogen-bond donors (Lipinski definition) is 0. The van der Waals surface area contributed by atoms with Crippen LogP contribution in [0.5, 0.6) is 0 Å². The first-order chi connectivity index (χ1) is 5.86. The molecule has 0 bridgehead atoms. The van der Waals surface area contributed by atoms with Crippen LogP contribution < -0.4 is 0 Å². The van der Waals surface area contributed by atoms with Gasteiger partial charge in [0.05, 0.1) is 12.2 Å². The van der Waals surface area contributed by atoms with E-state index in [4.69, 9.17) is 9.47 Å². The third kappa shape index (κ3) is 1.38. The summed E-state index contributed by atoms with van der Waals surface area (Å²) in [7, 11) is 0. The molecule has 0 amide bonds. The van der Waals surface area contributed by atoms with Gasteiger partial charge in [-0.15, -0.1) is 0 Å². The molecule has 0 aliphatic heterocycles. The lowest BCUT2D eigenvalue weighted by Gasteiger charge is -2.15. The van der Waals surface area contributed by atoms with Gasteiger partial charge in [0.1, 0.15) is 0 Å². The van der Waals surface area contributed by atoms with E-state index in [1.54, 1.807) is 0 Å². The average Bonchev–Trinajstić information content (AvgIpc) is 2.76. The molecule has 0 unspecified atom stereocenters. The van der Waals surface area contributed by atoms with E-state index >= 15 is 0 Å². The Morgan fingerprint density at radius 2 is 1.42 bits per heavy atom. The van der Waals surface area contributed by atoms with Gasteiger partial charge >= 0.3 is 0 Å². The van der Waals surface area contributed by atoms with E-state index in [9.17, 15) is 0 Å². The summed E-state index contributed by atoms with van der Waals surface area (Å²) in [6.07, 6.45) is 3.50. The van der Waals surface area contributed by atoms with Gasteiger partial charge in [-0.1, -0.05) is 0 Å². The highest BCUT2D eigenvalue weighted by atomic mass is 16.5. The molecule has 0 saturated heterocycles. The van der Waals surface area contributed by atoms with Gasteiger partial charge in [0.15, 0.2) is 0 Å². The van der Waals surface area contributed by atoms with Crippen molar-refractivity contribution in [1.82, 2.24) is 0 Å². The van der Waals surface area contributed by atoms with Gasteiger partial charge in [0, 0.05) is 19.6 Å². The maximum Gasteiger partial charge on any atom is 0.0631 e. The fraction of sp³-hybridized carbons (Fsp3) is 1.00. The van der Waals surface area contributed by atoms with Gasteiger partial charge in [0.2, 0.25) is 0 Å². The maximum atomic E-state index is 5.65. The summed E-state index contributed by atoms with van der Waals surface area (Å²) >= 11 is 0. The highest BCUT2D eigenvalue weighted by Gasteiger charge is 2.55. The lowest BCUT2D eigenvalue weighted by Crippen LogP contribution is -2.18. The van der Waals surface area contributed by atoms with Crippen LogP contribution >= 0.6 is 0 Å². The zero-order valence-electron chi connectivity index (χ0n) is 7.95. The molecule has 2 fully saturated rings. The predicted octanol–water partition coefficient (Wildman–Crippen LogP) is 1.84. The fourth-order valence-electron chi connectivity index (χ4n) is 2.48. The van der Waals surface area contributed by atoms with Crippen molar-refractivity contribution in [2.75, 3.05) is 13.2 Å². The molecular formula is C10H18O2. The van der Waals surface area contributed by atoms with Crippen molar-refractivity contribution in [3.63, 3.8) is 0 Å². The standard InChI is InChI=1S/C10H18O2/c1-3-11-9-6-10(12-4-2)8-5-7(8)9/h7-10H,3-6H2,1-2H3/t7-,8+,9-,10-/m0/s1. The van der Waals surface area contributed by atoms with Gasteiger partial charge in [-0.25, -0.2) is 0 Å². The van der Waals surface area contributed by atoms with Crippen LogP contribution in [0.1, 0.15) is 26.7 Å². The molecule has 2 heteroatoms. The monoisotopic (exact) mass is 170 g/mol. The fourth-order valence-corrected chi connectivity index (χ4v) is 2.48. The van der Waals surface area contributed by atoms with Crippen LogP contribution in [0, 0.1) is 11.8 Å². The van der Waals surface area contributed by atoms with Crippen molar-refractivity contribution < 1.29 is 9.47 Å². The van der Waals surface area contributed by atoms with Crippen LogP contribution in [-0.4, -0.2) is 25.4 Å². The van der Waals surface area contributed by atoms with Crippen LogP contribution in [0.4, 0.5) is 0 Å². The zero-order valence-corrected chi connectivity index (χ0v) is 7.95. The highest BCUT2D eigenvalue weighted by Crippen LogP contribution is 2.54. The largest absolute Gasteiger partial charge is 0.378 e. The minimum absolute atomic E-state index is 0.511. The Kier molecular flexibility index (Phi) is 2.37. The molecule has 2 nitrogen and oxygen atoms in total. The number of ether oxygens (including phenoxy) is 2. The Balaban J connectivity index is 1.82. The van der Waals surface area contributed by atoms with Crippen molar-refractivity contribution in [3.8, 4) is 0 Å². The van der Waals surface area contributed by atoms with Gasteiger partial charge in [-0.2, -0.15) is 0 Å². The van der Waals surface area contributed by atoms with Crippen molar-refractivity contribution in [1.29, 1.82) is 0 Å². The van der Waals surface area contributed by atoms with Crippen molar-refractivity contribution in [3.05, 3.63) is 0 Å². The van der Waals surface area contributed by atoms with Gasteiger partial charge in [-0.05, 0) is 32.1 Å². The van der Waals surface area contributed by atoms with E-state index < -0.39 is 0 Å². The summed E-state index contributed by atoms with van der Waals surface area (Å²) in [5.74, 6) is 1.67. The second-order valence-electron chi connectivity index (χ2n) is 3.79. The highest BCUT2D eigenvalue weighted by molar-refractivity contribution is 5.04. The number of hydrogen-bond acceptors (Lipinski definition) is 2. The zero-order chi connectivity index (χ0) is 8.55. The molecule has 2 saturated carbocycles. The van der Waals surface area contributed by atoms with E-state index in [1.165, 1.54) is 6.42 Å². The molecule has 0 N–H and O–H groups in total. The molecular weight excluding hydrogens is 152 g/mol. The Hall–Kier alpha value is -0.0800. The Morgan fingerprint density at radius 3 is 1.83 bits per heavy atom. The average molecular weight is 170 g/mol. The molecule has 4 atom stereocenters. The van der Waals surface area contributed by atoms with Crippen LogP contribution in [0.2, 0.25) is 0 Å². The van der Waals surface area contributed by atoms with Crippen LogP contribution in [-0.2, 0) is 9.47 Å². The molecule has 2 aliphatic carbocycles. The van der Waals surface area contributed by atoms with Gasteiger partial charge in [-0.3, -0.25) is 0 Å². The minimum atomic E-state index is 0.511. The van der Waals surface area contributed by atoms with Crippen LogP contribution in [0.3, 0.4) is 0 Å². The Morgan fingerprint density at radius 1 is 0.917 bits per heavy atom. The van der Waals surface area contributed by atoms with Crippen molar-refractivity contribution in [2.24, 2.45) is 11.8 Å². The smallest absolute Gasteiger partial charge is 0.0631 e. The first-order valence-corrected chi connectivity index (χ1v) is 5.10. The van der Waals surface area contributed by atoms with E-state index in [0.29, 0.717) is 12.2 Å². The van der Waals surface area contributed by atoms with Crippen molar-refractivity contribution in [2.45, 2.75) is 38.9 Å². The van der Waals surface area contributed by atoms with Crippen LogP contribution in [0.25, 0.3) is 0 Å². The Labute approximate surface area is 74.2 Å². The van der Waals surface area contributed by atoms with Crippen LogP contribution in [0.15, 0.2) is 0 Å². The summed E-state index contributed by atoms with van der Waals surface area (Å²) in [5.41, 5.74) is 0. The molecule has 2 rings (SSSR count). The van der Waals surface area contributed by atoms with Gasteiger partial charge in [0.25, 0.3) is 0 Å². The molecule has 12 heavy (non-hydrogen) atoms. The van der Waals surface area contributed by atoms with Gasteiger partial charge < -0.3 is 9.47 Å². The molecule has 0 aromatic heterocycles. The van der Waals surface area contributed by atoms with Crippen molar-refractivity contribution >= 4 is 0 Å². The maximum absolute atomic E-state index is 5.65. The second-order valence-corrected chi connectivity index (χ2v) is 3.79. The molecule has 70 valence electrons. The molecule has 0 aromatic rings. The first-order valence-electron chi connectivity index (χ1n) is 5.10. The molecule has 0 radical (unpaired) electrons. The molecule has 2 aliphatic rings. The van der Waals surface area contributed by atoms with E-state index in [1.807, 2.05) is 0 Å². The SMILES string of the molecule is CCO[C@H]1C[C@H](OCC)[C@H]2C[C@H]21. The summed E-state index contributed by atoms with van der Waals surface area (Å²) in [6, 6.07) is 0. The van der Waals surface area contributed by atoms with E-state index in [-0.39, 0.29) is 0 Å². The normalized spacial score (nSPS) is 44.5. The topological polar surface area (TPSA) is 18.5 Å². The number of fused-ring (bicyclic) bond motifs is 1. The van der Waals surface area contributed by atoms with E-state index in [2.05, 4.69) is 13.8 Å². The Bertz CT molecular complexity index is 142. The molecule has 0 spiro atoms. The third-order valence-electron chi connectivity index (χ3n) is 3.07.